The number of aliphatic hydroxyl groups is 3. The summed E-state index contributed by atoms with van der Waals surface area (Å²) in [5.74, 6) is -0.433. The third-order valence-electron chi connectivity index (χ3n) is 4.69. The highest BCUT2D eigenvalue weighted by molar-refractivity contribution is 6.17. The highest BCUT2D eigenvalue weighted by atomic mass is 35.5. The molecule has 0 spiro atoms. The number of hydrogen-bond donors (Lipinski definition) is 4. The van der Waals surface area contributed by atoms with E-state index in [-0.39, 0.29) is 18.3 Å². The van der Waals surface area contributed by atoms with Crippen LogP contribution >= 0.6 is 11.6 Å². The van der Waals surface area contributed by atoms with Gasteiger partial charge in [0.05, 0.1) is 18.3 Å². The Labute approximate surface area is 155 Å². The SMILES string of the molecule is O=C(O)CCC/C=C\C[C@@H]1[C@@H](/C=C/CC(O)CCCCl)[C@H](O)C[C@@H]1O. The van der Waals surface area contributed by atoms with E-state index in [1.165, 1.54) is 0 Å². The van der Waals surface area contributed by atoms with E-state index in [1.54, 1.807) is 0 Å². The summed E-state index contributed by atoms with van der Waals surface area (Å²) in [6.07, 6.45) is 10.6. The van der Waals surface area contributed by atoms with Crippen LogP contribution in [0.3, 0.4) is 0 Å². The van der Waals surface area contributed by atoms with Gasteiger partial charge >= 0.3 is 5.97 Å². The lowest BCUT2D eigenvalue weighted by Crippen LogP contribution is -2.20. The molecule has 1 aliphatic carbocycles. The molecule has 5 atom stereocenters. The molecule has 25 heavy (non-hydrogen) atoms. The fourth-order valence-corrected chi connectivity index (χ4v) is 3.43. The summed E-state index contributed by atoms with van der Waals surface area (Å²) in [4.78, 5) is 10.5. The number of carbonyl (C=O) groups is 1. The lowest BCUT2D eigenvalue weighted by molar-refractivity contribution is -0.137. The minimum absolute atomic E-state index is 0.0537. The van der Waals surface area contributed by atoms with Crippen molar-refractivity contribution < 1.29 is 25.2 Å². The van der Waals surface area contributed by atoms with Crippen molar-refractivity contribution in [3.05, 3.63) is 24.3 Å². The molecule has 6 heteroatoms. The van der Waals surface area contributed by atoms with Crippen LogP contribution in [0.5, 0.6) is 0 Å². The number of hydrogen-bond acceptors (Lipinski definition) is 4. The molecule has 1 saturated carbocycles. The standard InChI is InChI=1S/C19H31ClO5/c20-12-6-8-14(21)7-5-10-16-15(17(22)13-18(16)23)9-3-1-2-4-11-19(24)25/h1,3,5,10,14-18,21-23H,2,4,6-9,11-13H2,(H,24,25)/b3-1-,10-5+/t14?,15-,16-,17+,18-/m1/s1. The quantitative estimate of drug-likeness (QED) is 0.239. The number of rotatable bonds is 12. The molecule has 144 valence electrons. The van der Waals surface area contributed by atoms with E-state index in [4.69, 9.17) is 16.7 Å². The Morgan fingerprint density at radius 1 is 1.16 bits per heavy atom. The highest BCUT2D eigenvalue weighted by Gasteiger charge is 2.39. The van der Waals surface area contributed by atoms with Gasteiger partial charge in [0.15, 0.2) is 0 Å². The van der Waals surface area contributed by atoms with Gasteiger partial charge in [0.25, 0.3) is 0 Å². The number of carboxylic acid groups (broad SMARTS) is 1. The van der Waals surface area contributed by atoms with Gasteiger partial charge < -0.3 is 20.4 Å². The van der Waals surface area contributed by atoms with Gasteiger partial charge in [0, 0.05) is 24.6 Å². The predicted octanol–water partition coefficient (Wildman–Crippen LogP) is 2.87. The smallest absolute Gasteiger partial charge is 0.303 e. The van der Waals surface area contributed by atoms with Gasteiger partial charge in [0.2, 0.25) is 0 Å². The maximum atomic E-state index is 10.5. The Morgan fingerprint density at radius 3 is 2.60 bits per heavy atom. The molecule has 0 saturated heterocycles. The topological polar surface area (TPSA) is 98.0 Å². The molecule has 0 aromatic rings. The van der Waals surface area contributed by atoms with Gasteiger partial charge in [-0.05, 0) is 44.4 Å². The highest BCUT2D eigenvalue weighted by Crippen LogP contribution is 2.36. The first kappa shape index (κ1) is 22.2. The van der Waals surface area contributed by atoms with Crippen LogP contribution in [0.15, 0.2) is 24.3 Å². The second-order valence-corrected chi connectivity index (χ2v) is 7.13. The first-order chi connectivity index (χ1) is 12.0. The van der Waals surface area contributed by atoms with Crippen molar-refractivity contribution in [2.45, 2.75) is 69.7 Å². The van der Waals surface area contributed by atoms with Crippen LogP contribution in [0.4, 0.5) is 0 Å². The molecule has 0 aromatic heterocycles. The predicted molar refractivity (Wildman–Crippen MR) is 98.6 cm³/mol. The van der Waals surface area contributed by atoms with E-state index in [9.17, 15) is 20.1 Å². The number of allylic oxidation sites excluding steroid dienone is 2. The molecule has 1 unspecified atom stereocenters. The molecule has 0 aliphatic heterocycles. The molecule has 0 amide bonds. The Hall–Kier alpha value is -0.880. The summed E-state index contributed by atoms with van der Waals surface area (Å²) in [7, 11) is 0. The Kier molecular flexibility index (Phi) is 11.1. The van der Waals surface area contributed by atoms with E-state index in [2.05, 4.69) is 0 Å². The molecule has 0 heterocycles. The summed E-state index contributed by atoms with van der Waals surface area (Å²) < 4.78 is 0. The lowest BCUT2D eigenvalue weighted by Gasteiger charge is -2.19. The van der Waals surface area contributed by atoms with Crippen LogP contribution in [0.1, 0.15) is 51.4 Å². The van der Waals surface area contributed by atoms with Gasteiger partial charge in [0.1, 0.15) is 0 Å². The largest absolute Gasteiger partial charge is 0.481 e. The third-order valence-corrected chi connectivity index (χ3v) is 4.96. The molecule has 0 bridgehead atoms. The van der Waals surface area contributed by atoms with Crippen molar-refractivity contribution in [3.63, 3.8) is 0 Å². The zero-order chi connectivity index (χ0) is 18.7. The second kappa shape index (κ2) is 12.5. The first-order valence-corrected chi connectivity index (χ1v) is 9.62. The fourth-order valence-electron chi connectivity index (χ4n) is 3.27. The molecule has 0 radical (unpaired) electrons. The van der Waals surface area contributed by atoms with Crippen LogP contribution in [0.25, 0.3) is 0 Å². The summed E-state index contributed by atoms with van der Waals surface area (Å²) >= 11 is 5.61. The Bertz CT molecular complexity index is 438. The van der Waals surface area contributed by atoms with Crippen molar-refractivity contribution in [2.24, 2.45) is 11.8 Å². The molecular formula is C19H31ClO5. The van der Waals surface area contributed by atoms with E-state index >= 15 is 0 Å². The van der Waals surface area contributed by atoms with Gasteiger partial charge in [-0.2, -0.15) is 0 Å². The van der Waals surface area contributed by atoms with Crippen molar-refractivity contribution >= 4 is 17.6 Å². The van der Waals surface area contributed by atoms with Crippen molar-refractivity contribution in [3.8, 4) is 0 Å². The van der Waals surface area contributed by atoms with Crippen LogP contribution in [-0.2, 0) is 4.79 Å². The van der Waals surface area contributed by atoms with Crippen molar-refractivity contribution in [1.29, 1.82) is 0 Å². The molecule has 1 rings (SSSR count). The molecule has 0 aromatic carbocycles. The minimum atomic E-state index is -0.791. The average Bonchev–Trinajstić information content (AvgIpc) is 2.82. The van der Waals surface area contributed by atoms with Gasteiger partial charge in [-0.1, -0.05) is 24.3 Å². The first-order valence-electron chi connectivity index (χ1n) is 9.09. The number of unbranched alkanes of at least 4 members (excludes halogenated alkanes) is 1. The molecular weight excluding hydrogens is 344 g/mol. The van der Waals surface area contributed by atoms with Gasteiger partial charge in [-0.25, -0.2) is 0 Å². The summed E-state index contributed by atoms with van der Waals surface area (Å²) in [5, 5.41) is 38.7. The van der Waals surface area contributed by atoms with Crippen molar-refractivity contribution in [1.82, 2.24) is 0 Å². The lowest BCUT2D eigenvalue weighted by atomic mass is 9.89. The second-order valence-electron chi connectivity index (χ2n) is 6.75. The average molecular weight is 375 g/mol. The maximum Gasteiger partial charge on any atom is 0.303 e. The Morgan fingerprint density at radius 2 is 1.92 bits per heavy atom. The van der Waals surface area contributed by atoms with E-state index in [0.29, 0.717) is 44.4 Å². The molecule has 1 fully saturated rings. The van der Waals surface area contributed by atoms with Gasteiger partial charge in [-0.3, -0.25) is 4.79 Å². The number of alkyl halides is 1. The van der Waals surface area contributed by atoms with Crippen LogP contribution in [0.2, 0.25) is 0 Å². The van der Waals surface area contributed by atoms with E-state index < -0.39 is 24.3 Å². The summed E-state index contributed by atoms with van der Waals surface area (Å²) in [5.41, 5.74) is 0. The van der Waals surface area contributed by atoms with Crippen LogP contribution in [0, 0.1) is 11.8 Å². The summed E-state index contributed by atoms with van der Waals surface area (Å²) in [6.45, 7) is 0. The van der Waals surface area contributed by atoms with Gasteiger partial charge in [-0.15, -0.1) is 11.6 Å². The van der Waals surface area contributed by atoms with E-state index in [0.717, 1.165) is 6.42 Å². The monoisotopic (exact) mass is 374 g/mol. The number of carboxylic acids is 1. The molecule has 4 N–H and O–H groups in total. The minimum Gasteiger partial charge on any atom is -0.481 e. The van der Waals surface area contributed by atoms with Crippen molar-refractivity contribution in [2.75, 3.05) is 5.88 Å². The molecule has 1 aliphatic rings. The van der Waals surface area contributed by atoms with Crippen LogP contribution in [-0.4, -0.2) is 50.6 Å². The molecule has 5 nitrogen and oxygen atoms in total. The van der Waals surface area contributed by atoms with E-state index in [1.807, 2.05) is 24.3 Å². The van der Waals surface area contributed by atoms with Crippen LogP contribution < -0.4 is 0 Å². The normalized spacial score (nSPS) is 28.2. The maximum absolute atomic E-state index is 10.5. The zero-order valence-corrected chi connectivity index (χ0v) is 15.4. The third kappa shape index (κ3) is 8.86. The fraction of sp³-hybridized carbons (Fsp3) is 0.737. The number of halogens is 1. The zero-order valence-electron chi connectivity index (χ0n) is 14.6. The summed E-state index contributed by atoms with van der Waals surface area (Å²) in [6, 6.07) is 0. The number of aliphatic carboxylic acids is 1. The Balaban J connectivity index is 2.44. The number of aliphatic hydroxyl groups excluding tert-OH is 3.